The molecule has 0 saturated heterocycles. The molecule has 3 rings (SSSR count). The lowest BCUT2D eigenvalue weighted by Crippen LogP contribution is -2.42. The van der Waals surface area contributed by atoms with Gasteiger partial charge in [0, 0.05) is 27.6 Å². The van der Waals surface area contributed by atoms with Crippen molar-refractivity contribution in [3.63, 3.8) is 0 Å². The lowest BCUT2D eigenvalue weighted by molar-refractivity contribution is -0.445. The number of rotatable bonds is 4. The van der Waals surface area contributed by atoms with E-state index in [-0.39, 0.29) is 26.9 Å². The van der Waals surface area contributed by atoms with Crippen LogP contribution in [0.4, 0.5) is 23.2 Å². The molecule has 0 amide bonds. The van der Waals surface area contributed by atoms with Gasteiger partial charge in [0.25, 0.3) is 5.60 Å². The number of benzene rings is 2. The summed E-state index contributed by atoms with van der Waals surface area (Å²) in [6.45, 7) is 0. The second-order valence-corrected chi connectivity index (χ2v) is 6.73. The van der Waals surface area contributed by atoms with Crippen molar-refractivity contribution in [3.8, 4) is 0 Å². The number of hydrogen-bond donors (Lipinski definition) is 1. The minimum atomic E-state index is -4.89. The standard InChI is InChI=1S/C16H9Cl2F4N3O3/c17-10-4-9(5-11(18)6-10)15(16(20,21)22)7-14(24-28-15)8-1-2-12(19)13(3-8)23-25(26)27/h1-6,23H,7H2. The van der Waals surface area contributed by atoms with Crippen molar-refractivity contribution in [3.05, 3.63) is 73.5 Å². The van der Waals surface area contributed by atoms with E-state index in [2.05, 4.69) is 5.16 Å². The van der Waals surface area contributed by atoms with Gasteiger partial charge in [0.1, 0.15) is 5.69 Å². The summed E-state index contributed by atoms with van der Waals surface area (Å²) in [7, 11) is 0. The van der Waals surface area contributed by atoms with Crippen LogP contribution in [0.15, 0.2) is 41.6 Å². The highest BCUT2D eigenvalue weighted by Crippen LogP contribution is 2.49. The van der Waals surface area contributed by atoms with Crippen molar-refractivity contribution in [1.29, 1.82) is 0 Å². The van der Waals surface area contributed by atoms with Gasteiger partial charge in [-0.05, 0) is 36.4 Å². The van der Waals surface area contributed by atoms with E-state index in [9.17, 15) is 27.7 Å². The minimum absolute atomic E-state index is 0.0185. The maximum absolute atomic E-state index is 13.9. The van der Waals surface area contributed by atoms with Crippen LogP contribution in [0, 0.1) is 15.9 Å². The van der Waals surface area contributed by atoms with Crippen molar-refractivity contribution in [2.45, 2.75) is 18.2 Å². The molecule has 0 spiro atoms. The predicted octanol–water partition coefficient (Wildman–Crippen LogP) is 5.32. The van der Waals surface area contributed by atoms with Crippen LogP contribution in [-0.2, 0) is 10.4 Å². The number of hydrogen-bond acceptors (Lipinski definition) is 4. The molecule has 6 nitrogen and oxygen atoms in total. The molecule has 1 aliphatic heterocycles. The second-order valence-electron chi connectivity index (χ2n) is 5.85. The first kappa shape index (κ1) is 20.2. The number of oxime groups is 1. The molecule has 0 radical (unpaired) electrons. The van der Waals surface area contributed by atoms with Crippen LogP contribution in [0.25, 0.3) is 0 Å². The average molecular weight is 438 g/mol. The van der Waals surface area contributed by atoms with E-state index < -0.39 is 34.7 Å². The average Bonchev–Trinajstić information content (AvgIpc) is 3.02. The lowest BCUT2D eigenvalue weighted by atomic mass is 9.86. The Bertz CT molecular complexity index is 964. The first-order chi connectivity index (χ1) is 13.0. The van der Waals surface area contributed by atoms with Crippen LogP contribution in [0.3, 0.4) is 0 Å². The van der Waals surface area contributed by atoms with Crippen molar-refractivity contribution >= 4 is 34.6 Å². The van der Waals surface area contributed by atoms with Crippen molar-refractivity contribution in [2.24, 2.45) is 5.16 Å². The Morgan fingerprint density at radius 1 is 1.18 bits per heavy atom. The van der Waals surface area contributed by atoms with Gasteiger partial charge in [0.05, 0.1) is 5.71 Å². The zero-order valence-corrected chi connectivity index (χ0v) is 15.1. The second kappa shape index (κ2) is 7.10. The number of nitrogens with one attached hydrogen (secondary N) is 1. The monoisotopic (exact) mass is 437 g/mol. The molecule has 0 bridgehead atoms. The van der Waals surface area contributed by atoms with E-state index >= 15 is 0 Å². The maximum atomic E-state index is 13.9. The van der Waals surface area contributed by atoms with E-state index in [4.69, 9.17) is 28.0 Å². The number of nitrogens with zero attached hydrogens (tertiary/aromatic N) is 2. The third-order valence-corrected chi connectivity index (χ3v) is 4.46. The summed E-state index contributed by atoms with van der Waals surface area (Å²) in [6, 6.07) is 6.36. The van der Waals surface area contributed by atoms with Crippen molar-refractivity contribution < 1.29 is 27.4 Å². The Hall–Kier alpha value is -2.59. The first-order valence-corrected chi connectivity index (χ1v) is 8.27. The Morgan fingerprint density at radius 2 is 1.82 bits per heavy atom. The summed E-state index contributed by atoms with van der Waals surface area (Å²) in [6.07, 6.45) is -5.66. The van der Waals surface area contributed by atoms with E-state index in [1.54, 1.807) is 5.43 Å². The third-order valence-electron chi connectivity index (χ3n) is 4.03. The normalized spacial score (nSPS) is 19.1. The fourth-order valence-electron chi connectivity index (χ4n) is 2.73. The molecule has 2 aromatic carbocycles. The van der Waals surface area contributed by atoms with E-state index in [0.29, 0.717) is 0 Å². The number of hydrazine groups is 1. The highest BCUT2D eigenvalue weighted by molar-refractivity contribution is 6.34. The summed E-state index contributed by atoms with van der Waals surface area (Å²) in [5, 5.41) is 13.0. The van der Waals surface area contributed by atoms with Crippen LogP contribution >= 0.6 is 23.2 Å². The molecule has 0 aliphatic carbocycles. The largest absolute Gasteiger partial charge is 0.435 e. The summed E-state index contributed by atoms with van der Waals surface area (Å²) in [5.41, 5.74) is -2.28. The molecule has 1 unspecified atom stereocenters. The van der Waals surface area contributed by atoms with Gasteiger partial charge in [0.2, 0.25) is 0 Å². The van der Waals surface area contributed by atoms with E-state index in [1.165, 1.54) is 6.07 Å². The van der Waals surface area contributed by atoms with Gasteiger partial charge in [0.15, 0.2) is 10.8 Å². The van der Waals surface area contributed by atoms with Gasteiger partial charge < -0.3 is 4.84 Å². The molecule has 12 heteroatoms. The van der Waals surface area contributed by atoms with Gasteiger partial charge in [-0.2, -0.15) is 13.2 Å². The smallest absolute Gasteiger partial charge is 0.374 e. The molecular formula is C16H9Cl2F4N3O3. The van der Waals surface area contributed by atoms with Crippen LogP contribution in [0.2, 0.25) is 10.0 Å². The first-order valence-electron chi connectivity index (χ1n) is 7.51. The zero-order chi connectivity index (χ0) is 20.7. The highest BCUT2D eigenvalue weighted by atomic mass is 35.5. The van der Waals surface area contributed by atoms with Crippen LogP contribution in [0.5, 0.6) is 0 Å². The van der Waals surface area contributed by atoms with Gasteiger partial charge in [-0.25, -0.2) is 14.5 Å². The molecule has 28 heavy (non-hydrogen) atoms. The minimum Gasteiger partial charge on any atom is -0.374 e. The maximum Gasteiger partial charge on any atom is 0.435 e. The molecule has 2 aromatic rings. The Balaban J connectivity index is 2.01. The molecule has 1 aliphatic rings. The van der Waals surface area contributed by atoms with E-state index in [1.807, 2.05) is 0 Å². The molecule has 1 N–H and O–H groups in total. The summed E-state index contributed by atoms with van der Waals surface area (Å²) < 4.78 is 55.4. The Kier molecular flexibility index (Phi) is 5.11. The summed E-state index contributed by atoms with van der Waals surface area (Å²) >= 11 is 11.6. The third kappa shape index (κ3) is 3.69. The van der Waals surface area contributed by atoms with E-state index in [0.717, 1.165) is 30.3 Å². The quantitative estimate of drug-likeness (QED) is 0.399. The SMILES string of the molecule is O=[N+]([O-])Nc1cc(C2=NOC(c3cc(Cl)cc(Cl)c3)(C(F)(F)F)C2)ccc1F. The highest BCUT2D eigenvalue weighted by Gasteiger charge is 2.62. The van der Waals surface area contributed by atoms with Crippen LogP contribution in [-0.4, -0.2) is 16.9 Å². The lowest BCUT2D eigenvalue weighted by Gasteiger charge is -2.29. The van der Waals surface area contributed by atoms with Gasteiger partial charge in [-0.3, -0.25) is 0 Å². The topological polar surface area (TPSA) is 76.8 Å². The number of anilines is 1. The molecular weight excluding hydrogens is 429 g/mol. The fourth-order valence-corrected chi connectivity index (χ4v) is 3.26. The number of nitro groups is 1. The zero-order valence-electron chi connectivity index (χ0n) is 13.6. The van der Waals surface area contributed by atoms with Crippen molar-refractivity contribution in [2.75, 3.05) is 5.43 Å². The summed E-state index contributed by atoms with van der Waals surface area (Å²) in [4.78, 5) is 15.4. The number of halogens is 6. The van der Waals surface area contributed by atoms with Gasteiger partial charge in [-0.15, -0.1) is 5.43 Å². The molecule has 1 heterocycles. The molecule has 148 valence electrons. The molecule has 0 fully saturated rings. The van der Waals surface area contributed by atoms with Crippen molar-refractivity contribution in [1.82, 2.24) is 0 Å². The van der Waals surface area contributed by atoms with Crippen LogP contribution in [0.1, 0.15) is 17.5 Å². The van der Waals surface area contributed by atoms with Gasteiger partial charge >= 0.3 is 6.18 Å². The predicted molar refractivity (Wildman–Crippen MR) is 93.5 cm³/mol. The Morgan fingerprint density at radius 3 is 2.39 bits per heavy atom. The fraction of sp³-hybridized carbons (Fsp3) is 0.188. The molecule has 0 aromatic heterocycles. The summed E-state index contributed by atoms with van der Waals surface area (Å²) in [5.74, 6) is -0.955. The Labute approximate surface area is 164 Å². The van der Waals surface area contributed by atoms with Crippen LogP contribution < -0.4 is 5.43 Å². The molecule has 0 saturated carbocycles. The van der Waals surface area contributed by atoms with Gasteiger partial charge in [-0.1, -0.05) is 28.4 Å². The number of alkyl halides is 3. The molecule has 1 atom stereocenters.